The fourth-order valence-corrected chi connectivity index (χ4v) is 3.85. The van der Waals surface area contributed by atoms with Crippen molar-refractivity contribution in [3.05, 3.63) is 59.7 Å². The smallest absolute Gasteiger partial charge is 0.395 e. The monoisotopic (exact) mass is 464 g/mol. The Morgan fingerprint density at radius 2 is 1.76 bits per heavy atom. The third-order valence-electron chi connectivity index (χ3n) is 5.59. The maximum atomic E-state index is 13.7. The van der Waals surface area contributed by atoms with Gasteiger partial charge in [0.05, 0.1) is 17.9 Å². The molecule has 1 fully saturated rings. The number of hydrogen-bond donors (Lipinski definition) is 3. The van der Waals surface area contributed by atoms with Crippen molar-refractivity contribution in [3.8, 4) is 0 Å². The second-order valence-electron chi connectivity index (χ2n) is 8.45. The number of alkyl halides is 3. The Morgan fingerprint density at radius 3 is 2.36 bits per heavy atom. The molecule has 3 rings (SSSR count). The molecular formula is C23H27F3N4O3. The molecule has 178 valence electrons. The van der Waals surface area contributed by atoms with Crippen LogP contribution in [-0.4, -0.2) is 65.2 Å². The normalized spacial score (nSPS) is 16.4. The van der Waals surface area contributed by atoms with E-state index in [1.54, 1.807) is 30.3 Å². The van der Waals surface area contributed by atoms with E-state index in [0.717, 1.165) is 12.1 Å². The molecule has 10 heteroatoms. The maximum absolute atomic E-state index is 13.7. The third-order valence-corrected chi connectivity index (χ3v) is 5.59. The van der Waals surface area contributed by atoms with Gasteiger partial charge < -0.3 is 20.6 Å². The highest BCUT2D eigenvalue weighted by molar-refractivity contribution is 6.04. The number of rotatable bonds is 5. The van der Waals surface area contributed by atoms with Crippen LogP contribution in [0.2, 0.25) is 0 Å². The predicted octanol–water partition coefficient (Wildman–Crippen LogP) is 3.88. The van der Waals surface area contributed by atoms with Gasteiger partial charge in [-0.25, -0.2) is 4.79 Å². The first-order valence-corrected chi connectivity index (χ1v) is 10.5. The summed E-state index contributed by atoms with van der Waals surface area (Å²) in [5.41, 5.74) is -1.60. The Labute approximate surface area is 190 Å². The summed E-state index contributed by atoms with van der Waals surface area (Å²) in [6.45, 7) is 5.38. The van der Waals surface area contributed by atoms with Crippen LogP contribution in [0.1, 0.15) is 29.8 Å². The topological polar surface area (TPSA) is 84.9 Å². The molecule has 3 amide bonds. The van der Waals surface area contributed by atoms with Gasteiger partial charge in [-0.05, 0) is 44.2 Å². The van der Waals surface area contributed by atoms with E-state index in [4.69, 9.17) is 0 Å². The highest BCUT2D eigenvalue weighted by Crippen LogP contribution is 2.37. The van der Waals surface area contributed by atoms with Crippen molar-refractivity contribution in [1.82, 2.24) is 9.80 Å². The number of piperazine rings is 1. The first kappa shape index (κ1) is 24.5. The van der Waals surface area contributed by atoms with Crippen molar-refractivity contribution < 1.29 is 27.9 Å². The van der Waals surface area contributed by atoms with Crippen molar-refractivity contribution in [3.63, 3.8) is 0 Å². The highest BCUT2D eigenvalue weighted by atomic mass is 19.4. The molecule has 1 aliphatic heterocycles. The minimum Gasteiger partial charge on any atom is -0.395 e. The number of aliphatic hydroxyl groups excluding tert-OH is 1. The summed E-state index contributed by atoms with van der Waals surface area (Å²) in [5.74, 6) is -0.538. The molecule has 0 radical (unpaired) electrons. The maximum Gasteiger partial charge on any atom is 0.418 e. The number of anilines is 2. The summed E-state index contributed by atoms with van der Waals surface area (Å²) in [5, 5.41) is 14.0. The molecule has 33 heavy (non-hydrogen) atoms. The number of β-amino-alcohol motifs (C(OH)–C–C–N with tert-alkyl or cyclic N) is 1. The molecule has 7 nitrogen and oxygen atoms in total. The van der Waals surface area contributed by atoms with E-state index in [0.29, 0.717) is 31.7 Å². The number of nitrogens with zero attached hydrogens (tertiary/aromatic N) is 2. The Morgan fingerprint density at radius 1 is 1.06 bits per heavy atom. The van der Waals surface area contributed by atoms with E-state index in [1.807, 2.05) is 18.7 Å². The fraction of sp³-hybridized carbons (Fsp3) is 0.391. The Kier molecular flexibility index (Phi) is 7.28. The molecule has 0 saturated carbocycles. The van der Waals surface area contributed by atoms with E-state index in [2.05, 4.69) is 10.6 Å². The quantitative estimate of drug-likeness (QED) is 0.627. The number of carbonyl (C=O) groups excluding carboxylic acids is 2. The minimum atomic E-state index is -4.74. The van der Waals surface area contributed by atoms with E-state index in [1.165, 1.54) is 11.0 Å². The van der Waals surface area contributed by atoms with Gasteiger partial charge in [0.25, 0.3) is 5.91 Å². The number of carbonyl (C=O) groups is 2. The van der Waals surface area contributed by atoms with Crippen LogP contribution in [0.25, 0.3) is 0 Å². The Balaban J connectivity index is 1.76. The molecule has 1 saturated heterocycles. The van der Waals surface area contributed by atoms with Gasteiger partial charge in [0, 0.05) is 43.0 Å². The van der Waals surface area contributed by atoms with E-state index >= 15 is 0 Å². The van der Waals surface area contributed by atoms with Crippen LogP contribution in [0, 0.1) is 0 Å². The fourth-order valence-electron chi connectivity index (χ4n) is 3.85. The summed E-state index contributed by atoms with van der Waals surface area (Å²) in [4.78, 5) is 28.5. The van der Waals surface area contributed by atoms with Crippen molar-refractivity contribution in [2.24, 2.45) is 0 Å². The lowest BCUT2D eigenvalue weighted by atomic mass is 9.99. The zero-order valence-electron chi connectivity index (χ0n) is 18.4. The van der Waals surface area contributed by atoms with Gasteiger partial charge in [0.15, 0.2) is 0 Å². The summed E-state index contributed by atoms with van der Waals surface area (Å²) >= 11 is 0. The van der Waals surface area contributed by atoms with Gasteiger partial charge >= 0.3 is 12.2 Å². The lowest BCUT2D eigenvalue weighted by molar-refractivity contribution is -0.136. The Hall–Kier alpha value is -3.11. The zero-order valence-corrected chi connectivity index (χ0v) is 18.4. The van der Waals surface area contributed by atoms with Crippen molar-refractivity contribution in [1.29, 1.82) is 0 Å². The number of nitrogens with one attached hydrogen (secondary N) is 2. The summed E-state index contributed by atoms with van der Waals surface area (Å²) in [7, 11) is 0. The SMILES string of the molecule is CC1(C)CN(C(=O)Nc2ccc(NC(=O)c3ccccc3)cc2C(F)(F)F)CCN1CCO. The summed E-state index contributed by atoms with van der Waals surface area (Å²) < 4.78 is 41.2. The van der Waals surface area contributed by atoms with Gasteiger partial charge in [0.2, 0.25) is 0 Å². The molecule has 1 heterocycles. The van der Waals surface area contributed by atoms with E-state index in [9.17, 15) is 27.9 Å². The van der Waals surface area contributed by atoms with E-state index < -0.39 is 29.2 Å². The highest BCUT2D eigenvalue weighted by Gasteiger charge is 2.37. The van der Waals surface area contributed by atoms with Gasteiger partial charge in [0.1, 0.15) is 0 Å². The molecule has 2 aromatic rings. The molecule has 0 bridgehead atoms. The molecule has 0 aliphatic carbocycles. The average Bonchev–Trinajstić information content (AvgIpc) is 2.76. The van der Waals surface area contributed by atoms with Crippen LogP contribution in [-0.2, 0) is 6.18 Å². The number of urea groups is 1. The zero-order chi connectivity index (χ0) is 24.2. The molecule has 2 aromatic carbocycles. The molecule has 0 spiro atoms. The number of aliphatic hydroxyl groups is 1. The van der Waals surface area contributed by atoms with Crippen molar-refractivity contribution in [2.75, 3.05) is 43.4 Å². The second kappa shape index (κ2) is 9.80. The largest absolute Gasteiger partial charge is 0.418 e. The van der Waals surface area contributed by atoms with Crippen LogP contribution in [0.3, 0.4) is 0 Å². The van der Waals surface area contributed by atoms with Crippen LogP contribution >= 0.6 is 0 Å². The average molecular weight is 464 g/mol. The molecule has 3 N–H and O–H groups in total. The van der Waals surface area contributed by atoms with Crippen molar-refractivity contribution in [2.45, 2.75) is 25.6 Å². The third kappa shape index (κ3) is 6.02. The van der Waals surface area contributed by atoms with Crippen LogP contribution < -0.4 is 10.6 Å². The minimum absolute atomic E-state index is 0.0161. The molecule has 0 unspecified atom stereocenters. The lowest BCUT2D eigenvalue weighted by Gasteiger charge is -2.46. The number of benzene rings is 2. The first-order valence-electron chi connectivity index (χ1n) is 10.5. The number of amides is 3. The van der Waals surface area contributed by atoms with E-state index in [-0.39, 0.29) is 18.0 Å². The molecule has 0 aromatic heterocycles. The second-order valence-corrected chi connectivity index (χ2v) is 8.45. The summed E-state index contributed by atoms with van der Waals surface area (Å²) in [6, 6.07) is 10.7. The molecule has 0 atom stereocenters. The van der Waals surface area contributed by atoms with Crippen LogP contribution in [0.15, 0.2) is 48.5 Å². The van der Waals surface area contributed by atoms with Gasteiger partial charge in [-0.1, -0.05) is 18.2 Å². The van der Waals surface area contributed by atoms with Gasteiger partial charge in [-0.15, -0.1) is 0 Å². The number of halogens is 3. The van der Waals surface area contributed by atoms with Crippen LogP contribution in [0.4, 0.5) is 29.3 Å². The van der Waals surface area contributed by atoms with Gasteiger partial charge in [-0.2, -0.15) is 13.2 Å². The standard InChI is InChI=1S/C23H27F3N4O3/c1-22(2)15-29(10-11-30(22)12-13-31)21(33)28-19-9-8-17(14-18(19)23(24,25)26)27-20(32)16-6-4-3-5-7-16/h3-9,14,31H,10-13,15H2,1-2H3,(H,27,32)(H,28,33). The van der Waals surface area contributed by atoms with Gasteiger partial charge in [-0.3, -0.25) is 9.69 Å². The Bertz CT molecular complexity index is 996. The molecular weight excluding hydrogens is 437 g/mol. The summed E-state index contributed by atoms with van der Waals surface area (Å²) in [6.07, 6.45) is -4.74. The number of hydrogen-bond acceptors (Lipinski definition) is 4. The predicted molar refractivity (Wildman–Crippen MR) is 119 cm³/mol. The first-order chi connectivity index (χ1) is 15.5. The van der Waals surface area contributed by atoms with Crippen molar-refractivity contribution >= 4 is 23.3 Å². The lowest BCUT2D eigenvalue weighted by Crippen LogP contribution is -2.61. The molecule has 1 aliphatic rings. The van der Waals surface area contributed by atoms with Crippen LogP contribution in [0.5, 0.6) is 0 Å².